The molecule has 0 radical (unpaired) electrons. The first-order valence-corrected chi connectivity index (χ1v) is 7.67. The minimum Gasteiger partial charge on any atom is -0.327 e. The molecule has 0 bridgehead atoms. The third-order valence-corrected chi connectivity index (χ3v) is 5.12. The van der Waals surface area contributed by atoms with E-state index in [1.165, 1.54) is 58.2 Å². The number of hydrogen-bond donors (Lipinski definition) is 1. The quantitative estimate of drug-likeness (QED) is 0.819. The second kappa shape index (κ2) is 6.19. The molecule has 2 heteroatoms. The highest BCUT2D eigenvalue weighted by Crippen LogP contribution is 2.31. The molecule has 2 fully saturated rings. The predicted octanol–water partition coefficient (Wildman–Crippen LogP) is 2.87. The lowest BCUT2D eigenvalue weighted by Gasteiger charge is -2.38. The molecule has 17 heavy (non-hydrogen) atoms. The van der Waals surface area contributed by atoms with Gasteiger partial charge in [0.2, 0.25) is 0 Å². The van der Waals surface area contributed by atoms with Gasteiger partial charge in [0, 0.05) is 19.1 Å². The molecule has 2 nitrogen and oxygen atoms in total. The summed E-state index contributed by atoms with van der Waals surface area (Å²) in [5.41, 5.74) is 6.08. The molecule has 0 spiro atoms. The summed E-state index contributed by atoms with van der Waals surface area (Å²) in [6.45, 7) is 8.46. The van der Waals surface area contributed by atoms with E-state index < -0.39 is 0 Å². The zero-order chi connectivity index (χ0) is 12.3. The summed E-state index contributed by atoms with van der Waals surface area (Å²) in [5.74, 6) is 2.69. The fraction of sp³-hybridized carbons (Fsp3) is 1.00. The van der Waals surface area contributed by atoms with E-state index in [2.05, 4.69) is 18.7 Å². The van der Waals surface area contributed by atoms with Crippen molar-refractivity contribution < 1.29 is 0 Å². The fourth-order valence-corrected chi connectivity index (χ4v) is 3.60. The van der Waals surface area contributed by atoms with Crippen LogP contribution >= 0.6 is 0 Å². The van der Waals surface area contributed by atoms with E-state index in [-0.39, 0.29) is 0 Å². The third kappa shape index (κ3) is 3.69. The van der Waals surface area contributed by atoms with Crippen LogP contribution in [0.2, 0.25) is 0 Å². The maximum Gasteiger partial charge on any atom is 0.00889 e. The highest BCUT2D eigenvalue weighted by Gasteiger charge is 2.26. The van der Waals surface area contributed by atoms with E-state index in [4.69, 9.17) is 5.73 Å². The third-order valence-electron chi connectivity index (χ3n) is 5.12. The van der Waals surface area contributed by atoms with Crippen LogP contribution in [0, 0.1) is 17.8 Å². The summed E-state index contributed by atoms with van der Waals surface area (Å²) in [4.78, 5) is 2.67. The van der Waals surface area contributed by atoms with Crippen molar-refractivity contribution in [2.24, 2.45) is 23.5 Å². The van der Waals surface area contributed by atoms with Gasteiger partial charge in [0.05, 0.1) is 0 Å². The van der Waals surface area contributed by atoms with Crippen LogP contribution in [0.5, 0.6) is 0 Å². The lowest BCUT2D eigenvalue weighted by atomic mass is 9.80. The Hall–Kier alpha value is -0.0800. The van der Waals surface area contributed by atoms with Crippen LogP contribution in [0.1, 0.15) is 52.4 Å². The number of hydrogen-bond acceptors (Lipinski definition) is 2. The van der Waals surface area contributed by atoms with Gasteiger partial charge in [-0.05, 0) is 43.6 Å². The highest BCUT2D eigenvalue weighted by molar-refractivity contribution is 4.82. The van der Waals surface area contributed by atoms with Gasteiger partial charge in [0.1, 0.15) is 0 Å². The molecule has 100 valence electrons. The normalized spacial score (nSPS) is 40.4. The molecule has 0 aromatic heterocycles. The Morgan fingerprint density at radius 3 is 2.29 bits per heavy atom. The number of piperidine rings is 1. The maximum absolute atomic E-state index is 6.08. The second-order valence-electron chi connectivity index (χ2n) is 6.48. The Morgan fingerprint density at radius 1 is 1.06 bits per heavy atom. The molecule has 2 atom stereocenters. The average Bonchev–Trinajstić information content (AvgIpc) is 2.35. The van der Waals surface area contributed by atoms with E-state index >= 15 is 0 Å². The molecule has 2 aliphatic rings. The van der Waals surface area contributed by atoms with Crippen LogP contribution in [0.4, 0.5) is 0 Å². The zero-order valence-electron chi connectivity index (χ0n) is 11.7. The van der Waals surface area contributed by atoms with E-state index in [9.17, 15) is 0 Å². The van der Waals surface area contributed by atoms with Crippen LogP contribution in [0.15, 0.2) is 0 Å². The predicted molar refractivity (Wildman–Crippen MR) is 73.9 cm³/mol. The largest absolute Gasteiger partial charge is 0.327 e. The van der Waals surface area contributed by atoms with Gasteiger partial charge in [-0.2, -0.15) is 0 Å². The Balaban J connectivity index is 1.71. The zero-order valence-corrected chi connectivity index (χ0v) is 11.7. The lowest BCUT2D eigenvalue weighted by Crippen LogP contribution is -2.47. The highest BCUT2D eigenvalue weighted by atomic mass is 15.1. The molecular weight excluding hydrogens is 208 g/mol. The van der Waals surface area contributed by atoms with Gasteiger partial charge in [-0.1, -0.05) is 33.1 Å². The molecule has 1 aliphatic heterocycles. The molecular formula is C15H30N2. The van der Waals surface area contributed by atoms with Gasteiger partial charge in [0.25, 0.3) is 0 Å². The van der Waals surface area contributed by atoms with Crippen molar-refractivity contribution in [1.82, 2.24) is 4.90 Å². The van der Waals surface area contributed by atoms with Crippen molar-refractivity contribution in [2.75, 3.05) is 19.6 Å². The lowest BCUT2D eigenvalue weighted by molar-refractivity contribution is 0.122. The van der Waals surface area contributed by atoms with Gasteiger partial charge < -0.3 is 10.6 Å². The first kappa shape index (κ1) is 13.4. The number of rotatable bonds is 3. The molecule has 2 unspecified atom stereocenters. The Bertz CT molecular complexity index is 221. The first-order valence-electron chi connectivity index (χ1n) is 7.67. The molecule has 0 aromatic rings. The average molecular weight is 238 g/mol. The Morgan fingerprint density at radius 2 is 1.71 bits per heavy atom. The maximum atomic E-state index is 6.08. The Kier molecular flexibility index (Phi) is 4.87. The number of likely N-dealkylation sites (tertiary alicyclic amines) is 1. The van der Waals surface area contributed by atoms with Crippen molar-refractivity contribution in [3.63, 3.8) is 0 Å². The van der Waals surface area contributed by atoms with Gasteiger partial charge in [-0.3, -0.25) is 0 Å². The molecule has 1 saturated carbocycles. The topological polar surface area (TPSA) is 29.3 Å². The molecule has 1 heterocycles. The summed E-state index contributed by atoms with van der Waals surface area (Å²) < 4.78 is 0. The molecule has 1 saturated heterocycles. The minimum absolute atomic E-state index is 0.446. The van der Waals surface area contributed by atoms with Crippen molar-refractivity contribution in [3.05, 3.63) is 0 Å². The summed E-state index contributed by atoms with van der Waals surface area (Å²) in [6, 6.07) is 0.446. The SMILES string of the molecule is CCC1CCC(CN2CCC(N)C(C)C2)CC1. The molecule has 1 aliphatic carbocycles. The van der Waals surface area contributed by atoms with E-state index in [1.807, 2.05) is 0 Å². The molecule has 2 rings (SSSR count). The Labute approximate surface area is 107 Å². The summed E-state index contributed by atoms with van der Waals surface area (Å²) in [5, 5.41) is 0. The first-order chi connectivity index (χ1) is 8.19. The van der Waals surface area contributed by atoms with Gasteiger partial charge >= 0.3 is 0 Å². The smallest absolute Gasteiger partial charge is 0.00889 e. The molecule has 0 aromatic carbocycles. The standard InChI is InChI=1S/C15H30N2/c1-3-13-4-6-14(7-5-13)11-17-9-8-15(16)12(2)10-17/h12-15H,3-11,16H2,1-2H3. The van der Waals surface area contributed by atoms with Crippen LogP contribution in [-0.4, -0.2) is 30.6 Å². The monoisotopic (exact) mass is 238 g/mol. The van der Waals surface area contributed by atoms with Crippen molar-refractivity contribution in [3.8, 4) is 0 Å². The summed E-state index contributed by atoms with van der Waals surface area (Å²) in [6.07, 6.45) is 8.48. The molecule has 0 amide bonds. The minimum atomic E-state index is 0.446. The van der Waals surface area contributed by atoms with Crippen LogP contribution < -0.4 is 5.73 Å². The van der Waals surface area contributed by atoms with Crippen molar-refractivity contribution >= 4 is 0 Å². The van der Waals surface area contributed by atoms with E-state index in [0.29, 0.717) is 12.0 Å². The fourth-order valence-electron chi connectivity index (χ4n) is 3.60. The van der Waals surface area contributed by atoms with Gasteiger partial charge in [-0.15, -0.1) is 0 Å². The van der Waals surface area contributed by atoms with E-state index in [0.717, 1.165) is 11.8 Å². The van der Waals surface area contributed by atoms with Crippen molar-refractivity contribution in [1.29, 1.82) is 0 Å². The van der Waals surface area contributed by atoms with Crippen LogP contribution in [0.25, 0.3) is 0 Å². The van der Waals surface area contributed by atoms with Crippen molar-refractivity contribution in [2.45, 2.75) is 58.4 Å². The second-order valence-corrected chi connectivity index (χ2v) is 6.48. The van der Waals surface area contributed by atoms with Crippen LogP contribution in [-0.2, 0) is 0 Å². The van der Waals surface area contributed by atoms with Crippen LogP contribution in [0.3, 0.4) is 0 Å². The van der Waals surface area contributed by atoms with Gasteiger partial charge in [0.15, 0.2) is 0 Å². The summed E-state index contributed by atoms with van der Waals surface area (Å²) in [7, 11) is 0. The number of nitrogens with zero attached hydrogens (tertiary/aromatic N) is 1. The number of nitrogens with two attached hydrogens (primary N) is 1. The summed E-state index contributed by atoms with van der Waals surface area (Å²) >= 11 is 0. The van der Waals surface area contributed by atoms with E-state index in [1.54, 1.807) is 0 Å². The molecule has 2 N–H and O–H groups in total. The van der Waals surface area contributed by atoms with Gasteiger partial charge in [-0.25, -0.2) is 0 Å².